The predicted molar refractivity (Wildman–Crippen MR) is 85.7 cm³/mol. The number of nitrogens with one attached hydrogen (secondary N) is 1. The lowest BCUT2D eigenvalue weighted by Crippen LogP contribution is -2.35. The highest BCUT2D eigenvalue weighted by molar-refractivity contribution is 9.10. The highest BCUT2D eigenvalue weighted by atomic mass is 79.9. The first-order valence-corrected chi connectivity index (χ1v) is 8.19. The lowest BCUT2D eigenvalue weighted by Gasteiger charge is -2.24. The highest BCUT2D eigenvalue weighted by Gasteiger charge is 2.18. The summed E-state index contributed by atoms with van der Waals surface area (Å²) in [6, 6.07) is 6.79. The Balaban J connectivity index is 1.70. The van der Waals surface area contributed by atoms with Gasteiger partial charge in [-0.1, -0.05) is 40.4 Å². The van der Waals surface area contributed by atoms with Gasteiger partial charge in [-0.05, 0) is 43.7 Å². The molecule has 2 rings (SSSR count). The maximum absolute atomic E-state index is 6.17. The van der Waals surface area contributed by atoms with Crippen LogP contribution in [0.1, 0.15) is 31.2 Å². The van der Waals surface area contributed by atoms with Gasteiger partial charge in [-0.2, -0.15) is 0 Å². The van der Waals surface area contributed by atoms with Crippen LogP contribution in [0.25, 0.3) is 0 Å². The summed E-state index contributed by atoms with van der Waals surface area (Å²) in [5.41, 5.74) is 1.15. The molecule has 1 N–H and O–H groups in total. The third kappa shape index (κ3) is 4.75. The third-order valence-electron chi connectivity index (χ3n) is 3.91. The van der Waals surface area contributed by atoms with Crippen LogP contribution >= 0.6 is 27.5 Å². The lowest BCUT2D eigenvalue weighted by atomic mass is 10.2. The molecule has 1 aliphatic rings. The summed E-state index contributed by atoms with van der Waals surface area (Å²) in [7, 11) is 2.24. The molecule has 1 saturated carbocycles. The van der Waals surface area contributed by atoms with Crippen molar-refractivity contribution in [2.75, 3.05) is 20.1 Å². The summed E-state index contributed by atoms with van der Waals surface area (Å²) >= 11 is 9.65. The van der Waals surface area contributed by atoms with Gasteiger partial charge in [0.15, 0.2) is 0 Å². The molecule has 4 heteroatoms. The normalized spacial score (nSPS) is 16.4. The van der Waals surface area contributed by atoms with Gasteiger partial charge >= 0.3 is 0 Å². The van der Waals surface area contributed by atoms with E-state index in [1.54, 1.807) is 0 Å². The topological polar surface area (TPSA) is 15.3 Å². The van der Waals surface area contributed by atoms with E-state index in [0.29, 0.717) is 0 Å². The summed E-state index contributed by atoms with van der Waals surface area (Å²) < 4.78 is 1.08. The van der Waals surface area contributed by atoms with Gasteiger partial charge in [0, 0.05) is 35.2 Å². The smallest absolute Gasteiger partial charge is 0.0451 e. The van der Waals surface area contributed by atoms with E-state index in [1.807, 2.05) is 12.1 Å². The van der Waals surface area contributed by atoms with E-state index in [9.17, 15) is 0 Å². The molecule has 19 heavy (non-hydrogen) atoms. The van der Waals surface area contributed by atoms with Crippen LogP contribution in [-0.2, 0) is 6.54 Å². The second kappa shape index (κ2) is 7.63. The van der Waals surface area contributed by atoms with Crippen molar-refractivity contribution < 1.29 is 0 Å². The quantitative estimate of drug-likeness (QED) is 0.782. The second-order valence-corrected chi connectivity index (χ2v) is 6.65. The fourth-order valence-corrected chi connectivity index (χ4v) is 3.28. The fourth-order valence-electron chi connectivity index (χ4n) is 2.68. The van der Waals surface area contributed by atoms with E-state index in [1.165, 1.54) is 25.7 Å². The van der Waals surface area contributed by atoms with Crippen molar-refractivity contribution in [3.8, 4) is 0 Å². The molecule has 106 valence electrons. The molecule has 2 nitrogen and oxygen atoms in total. The number of rotatable bonds is 6. The molecule has 0 heterocycles. The van der Waals surface area contributed by atoms with Gasteiger partial charge in [0.1, 0.15) is 0 Å². The van der Waals surface area contributed by atoms with Crippen molar-refractivity contribution in [1.29, 1.82) is 0 Å². The second-order valence-electron chi connectivity index (χ2n) is 5.33. The van der Waals surface area contributed by atoms with Crippen molar-refractivity contribution in [2.24, 2.45) is 0 Å². The van der Waals surface area contributed by atoms with Gasteiger partial charge in [0.05, 0.1) is 0 Å². The Bertz CT molecular complexity index is 405. The van der Waals surface area contributed by atoms with Crippen molar-refractivity contribution in [3.63, 3.8) is 0 Å². The predicted octanol–water partition coefficient (Wildman–Crippen LogP) is 4.07. The van der Waals surface area contributed by atoms with Crippen molar-refractivity contribution >= 4 is 27.5 Å². The minimum absolute atomic E-state index is 0.802. The Hall–Kier alpha value is -0.0900. The lowest BCUT2D eigenvalue weighted by molar-refractivity contribution is 0.245. The number of hydrogen-bond donors (Lipinski definition) is 1. The summed E-state index contributed by atoms with van der Waals surface area (Å²) in [5.74, 6) is 0. The first-order chi connectivity index (χ1) is 9.16. The van der Waals surface area contributed by atoms with Gasteiger partial charge in [0.25, 0.3) is 0 Å². The number of hydrogen-bond acceptors (Lipinski definition) is 2. The Morgan fingerprint density at radius 3 is 2.84 bits per heavy atom. The number of likely N-dealkylation sites (N-methyl/N-ethyl adjacent to an activating group) is 1. The van der Waals surface area contributed by atoms with Crippen LogP contribution in [0.2, 0.25) is 5.02 Å². The fraction of sp³-hybridized carbons (Fsp3) is 0.600. The van der Waals surface area contributed by atoms with Gasteiger partial charge in [-0.3, -0.25) is 0 Å². The molecule has 1 aromatic carbocycles. The van der Waals surface area contributed by atoms with E-state index in [2.05, 4.69) is 39.3 Å². The summed E-state index contributed by atoms with van der Waals surface area (Å²) in [5, 5.41) is 4.31. The van der Waals surface area contributed by atoms with E-state index in [0.717, 1.165) is 40.7 Å². The van der Waals surface area contributed by atoms with Crippen LogP contribution in [0.5, 0.6) is 0 Å². The summed E-state index contributed by atoms with van der Waals surface area (Å²) in [6.45, 7) is 2.95. The van der Waals surface area contributed by atoms with Crippen LogP contribution in [0.4, 0.5) is 0 Å². The molecule has 1 aliphatic carbocycles. The molecule has 0 unspecified atom stereocenters. The Morgan fingerprint density at radius 1 is 1.37 bits per heavy atom. The molecule has 1 aromatic rings. The molecule has 0 spiro atoms. The number of nitrogens with zero attached hydrogens (tertiary/aromatic N) is 1. The SMILES string of the molecule is CN(CCNCc1cc(Br)ccc1Cl)C1CCCC1. The molecule has 0 radical (unpaired) electrons. The molecule has 0 amide bonds. The monoisotopic (exact) mass is 344 g/mol. The Labute approximate surface area is 129 Å². The van der Waals surface area contributed by atoms with Crippen LogP contribution < -0.4 is 5.32 Å². The van der Waals surface area contributed by atoms with E-state index in [-0.39, 0.29) is 0 Å². The van der Waals surface area contributed by atoms with E-state index in [4.69, 9.17) is 11.6 Å². The van der Waals surface area contributed by atoms with Gasteiger partial charge in [-0.25, -0.2) is 0 Å². The van der Waals surface area contributed by atoms with Crippen molar-refractivity contribution in [2.45, 2.75) is 38.3 Å². The molecule has 0 aliphatic heterocycles. The molecule has 0 atom stereocenters. The summed E-state index contributed by atoms with van der Waals surface area (Å²) in [6.07, 6.45) is 5.54. The van der Waals surface area contributed by atoms with Gasteiger partial charge in [-0.15, -0.1) is 0 Å². The minimum atomic E-state index is 0.802. The van der Waals surface area contributed by atoms with Crippen LogP contribution in [0.3, 0.4) is 0 Å². The maximum Gasteiger partial charge on any atom is 0.0451 e. The van der Waals surface area contributed by atoms with E-state index >= 15 is 0 Å². The zero-order chi connectivity index (χ0) is 13.7. The molecule has 0 aromatic heterocycles. The van der Waals surface area contributed by atoms with Crippen LogP contribution in [0, 0.1) is 0 Å². The zero-order valence-corrected chi connectivity index (χ0v) is 13.8. The number of benzene rings is 1. The highest BCUT2D eigenvalue weighted by Crippen LogP contribution is 2.22. The Morgan fingerprint density at radius 2 is 2.11 bits per heavy atom. The maximum atomic E-state index is 6.17. The van der Waals surface area contributed by atoms with E-state index < -0.39 is 0 Å². The third-order valence-corrected chi connectivity index (χ3v) is 4.77. The van der Waals surface area contributed by atoms with Gasteiger partial charge in [0.2, 0.25) is 0 Å². The van der Waals surface area contributed by atoms with Crippen molar-refractivity contribution in [3.05, 3.63) is 33.3 Å². The molecule has 0 saturated heterocycles. The largest absolute Gasteiger partial charge is 0.311 e. The molecular formula is C15H22BrClN2. The van der Waals surface area contributed by atoms with Crippen LogP contribution in [0.15, 0.2) is 22.7 Å². The molecule has 0 bridgehead atoms. The average Bonchev–Trinajstić information content (AvgIpc) is 2.92. The molecule has 1 fully saturated rings. The first-order valence-electron chi connectivity index (χ1n) is 7.01. The molecular weight excluding hydrogens is 324 g/mol. The zero-order valence-electron chi connectivity index (χ0n) is 11.5. The average molecular weight is 346 g/mol. The standard InChI is InChI=1S/C15H22BrClN2/c1-19(14-4-2-3-5-14)9-8-18-11-12-10-13(16)6-7-15(12)17/h6-7,10,14,18H,2-5,8-9,11H2,1H3. The van der Waals surface area contributed by atoms with Crippen LogP contribution in [-0.4, -0.2) is 31.1 Å². The summed E-state index contributed by atoms with van der Waals surface area (Å²) in [4.78, 5) is 2.49. The Kier molecular flexibility index (Phi) is 6.14. The minimum Gasteiger partial charge on any atom is -0.311 e. The first kappa shape index (κ1) is 15.3. The van der Waals surface area contributed by atoms with Gasteiger partial charge < -0.3 is 10.2 Å². The van der Waals surface area contributed by atoms with Crippen molar-refractivity contribution in [1.82, 2.24) is 10.2 Å². The number of halogens is 2.